The number of hydrogen-bond acceptors (Lipinski definition) is 6. The monoisotopic (exact) mass is 567 g/mol. The van der Waals surface area contributed by atoms with E-state index in [1.807, 2.05) is 12.1 Å². The highest BCUT2D eigenvalue weighted by Gasteiger charge is 2.71. The van der Waals surface area contributed by atoms with E-state index in [9.17, 15) is 36.2 Å². The van der Waals surface area contributed by atoms with E-state index in [1.54, 1.807) is 37.5 Å². The number of esters is 1. The predicted molar refractivity (Wildman–Crippen MR) is 134 cm³/mol. The van der Waals surface area contributed by atoms with Crippen LogP contribution in [-0.4, -0.2) is 59.0 Å². The van der Waals surface area contributed by atoms with Crippen LogP contribution in [0.3, 0.4) is 0 Å². The Morgan fingerprint density at radius 1 is 1.00 bits per heavy atom. The van der Waals surface area contributed by atoms with Gasteiger partial charge in [0, 0.05) is 44.1 Å². The number of nitrogens with zero attached hydrogens (tertiary/aromatic N) is 2. The van der Waals surface area contributed by atoms with Gasteiger partial charge in [0.2, 0.25) is 0 Å². The third-order valence-electron chi connectivity index (χ3n) is 6.81. The molecule has 1 aliphatic rings. The van der Waals surface area contributed by atoms with Crippen molar-refractivity contribution in [3.63, 3.8) is 0 Å². The number of nitrogens with one attached hydrogen (secondary N) is 1. The minimum atomic E-state index is -5.95. The molecule has 214 valence electrons. The first-order chi connectivity index (χ1) is 18.8. The molecule has 2 heterocycles. The Morgan fingerprint density at radius 2 is 1.65 bits per heavy atom. The number of rotatable bonds is 7. The second-order valence-corrected chi connectivity index (χ2v) is 9.64. The average molecular weight is 568 g/mol. The molecule has 6 nitrogen and oxygen atoms in total. The summed E-state index contributed by atoms with van der Waals surface area (Å²) in [5.41, 5.74) is -2.97. The van der Waals surface area contributed by atoms with Gasteiger partial charge in [0.15, 0.2) is 0 Å². The summed E-state index contributed by atoms with van der Waals surface area (Å²) >= 11 is 0. The van der Waals surface area contributed by atoms with E-state index in [4.69, 9.17) is 4.74 Å². The van der Waals surface area contributed by atoms with Crippen molar-refractivity contribution in [2.24, 2.45) is 0 Å². The van der Waals surface area contributed by atoms with E-state index in [2.05, 4.69) is 15.2 Å². The first-order valence-electron chi connectivity index (χ1n) is 12.4. The fourth-order valence-corrected chi connectivity index (χ4v) is 4.63. The van der Waals surface area contributed by atoms with Gasteiger partial charge in [0.1, 0.15) is 12.6 Å². The zero-order valence-electron chi connectivity index (χ0n) is 21.4. The number of carbonyl (C=O) groups is 1. The Bertz CT molecular complexity index is 1300. The molecule has 1 aliphatic heterocycles. The molecule has 2 aromatic carbocycles. The van der Waals surface area contributed by atoms with Crippen LogP contribution in [0.4, 0.5) is 26.3 Å². The van der Waals surface area contributed by atoms with E-state index in [0.29, 0.717) is 54.0 Å². The maximum Gasteiger partial charge on any atom is 0.430 e. The van der Waals surface area contributed by atoms with Gasteiger partial charge < -0.3 is 15.2 Å². The van der Waals surface area contributed by atoms with E-state index < -0.39 is 35.5 Å². The van der Waals surface area contributed by atoms with Crippen LogP contribution in [0.15, 0.2) is 67.0 Å². The molecule has 0 amide bonds. The molecule has 12 heteroatoms. The quantitative estimate of drug-likeness (QED) is 0.313. The Labute approximate surface area is 226 Å². The standard InChI is InChI=1S/C28H27F6N3O3/c1-18-14-20(17-40-25(38)24-16-37(13-12-36-24)15-19-8-10-35-11-9-19)2-7-23(18)21-3-5-22(6-4-21)26(39,27(29,30)31)28(32,33)34/h2-11,14,24,36,39H,12-13,15-17H2,1H3. The number of aryl methyl sites for hydroxylation is 1. The highest BCUT2D eigenvalue weighted by molar-refractivity contribution is 5.76. The molecular weight excluding hydrogens is 540 g/mol. The second-order valence-electron chi connectivity index (χ2n) is 9.64. The molecule has 1 atom stereocenters. The Kier molecular flexibility index (Phi) is 8.52. The summed E-state index contributed by atoms with van der Waals surface area (Å²) in [4.78, 5) is 18.8. The van der Waals surface area contributed by atoms with Gasteiger partial charge in [-0.15, -0.1) is 0 Å². The molecule has 0 radical (unpaired) electrons. The van der Waals surface area contributed by atoms with E-state index in [-0.39, 0.29) is 6.61 Å². The number of aliphatic hydroxyl groups is 1. The molecule has 3 aromatic rings. The Hall–Kier alpha value is -3.48. The van der Waals surface area contributed by atoms with Crippen LogP contribution in [-0.2, 0) is 28.3 Å². The lowest BCUT2D eigenvalue weighted by Crippen LogP contribution is -2.54. The largest absolute Gasteiger partial charge is 0.460 e. The van der Waals surface area contributed by atoms with Crippen molar-refractivity contribution < 1.29 is 41.0 Å². The average Bonchev–Trinajstić information content (AvgIpc) is 2.91. The molecular formula is C28H27F6N3O3. The lowest BCUT2D eigenvalue weighted by atomic mass is 9.90. The molecule has 40 heavy (non-hydrogen) atoms. The van der Waals surface area contributed by atoms with Crippen LogP contribution in [0.5, 0.6) is 0 Å². The highest BCUT2D eigenvalue weighted by atomic mass is 19.4. The second kappa shape index (κ2) is 11.6. The lowest BCUT2D eigenvalue weighted by molar-refractivity contribution is -0.376. The minimum absolute atomic E-state index is 0.00831. The number of hydrogen-bond donors (Lipinski definition) is 2. The molecule has 2 N–H and O–H groups in total. The van der Waals surface area contributed by atoms with Gasteiger partial charge in [-0.05, 0) is 46.9 Å². The van der Waals surface area contributed by atoms with Crippen molar-refractivity contribution in [2.75, 3.05) is 19.6 Å². The minimum Gasteiger partial charge on any atom is -0.460 e. The Morgan fingerprint density at radius 3 is 2.25 bits per heavy atom. The number of ether oxygens (including phenoxy) is 1. The van der Waals surface area contributed by atoms with Crippen molar-refractivity contribution in [2.45, 2.75) is 44.1 Å². The molecule has 4 rings (SSSR count). The van der Waals surface area contributed by atoms with E-state index >= 15 is 0 Å². The summed E-state index contributed by atoms with van der Waals surface area (Å²) in [6.07, 6.45) is -8.47. The van der Waals surface area contributed by atoms with Gasteiger partial charge in [0.05, 0.1) is 0 Å². The molecule has 1 saturated heterocycles. The third kappa shape index (κ3) is 6.29. The molecule has 1 unspecified atom stereocenters. The fraction of sp³-hybridized carbons (Fsp3) is 0.357. The van der Waals surface area contributed by atoms with Crippen LogP contribution in [0.1, 0.15) is 22.3 Å². The van der Waals surface area contributed by atoms with Gasteiger partial charge in [-0.25, -0.2) is 0 Å². The first kappa shape index (κ1) is 29.5. The van der Waals surface area contributed by atoms with Crippen LogP contribution in [0, 0.1) is 6.92 Å². The van der Waals surface area contributed by atoms with Crippen molar-refractivity contribution >= 4 is 5.97 Å². The summed E-state index contributed by atoms with van der Waals surface area (Å²) in [6.45, 7) is 4.27. The molecule has 0 spiro atoms. The summed E-state index contributed by atoms with van der Waals surface area (Å²) in [6, 6.07) is 11.8. The summed E-state index contributed by atoms with van der Waals surface area (Å²) in [5.74, 6) is -0.404. The zero-order valence-corrected chi connectivity index (χ0v) is 21.4. The van der Waals surface area contributed by atoms with Crippen LogP contribution >= 0.6 is 0 Å². The fourth-order valence-electron chi connectivity index (χ4n) is 4.63. The SMILES string of the molecule is Cc1cc(COC(=O)C2CN(Cc3ccncc3)CCN2)ccc1-c1ccc(C(O)(C(F)(F)F)C(F)(F)F)cc1. The molecule has 0 saturated carbocycles. The number of piperazine rings is 1. The first-order valence-corrected chi connectivity index (χ1v) is 12.4. The molecule has 0 bridgehead atoms. The number of halogens is 6. The lowest BCUT2D eigenvalue weighted by Gasteiger charge is -2.32. The topological polar surface area (TPSA) is 74.7 Å². The zero-order chi connectivity index (χ0) is 29.1. The number of pyridine rings is 1. The smallest absolute Gasteiger partial charge is 0.430 e. The molecule has 1 aromatic heterocycles. The highest BCUT2D eigenvalue weighted by Crippen LogP contribution is 2.50. The molecule has 0 aliphatic carbocycles. The normalized spacial score (nSPS) is 17.1. The number of benzene rings is 2. The number of carbonyl (C=O) groups excluding carboxylic acids is 1. The van der Waals surface area contributed by atoms with E-state index in [1.165, 1.54) is 0 Å². The predicted octanol–water partition coefficient (Wildman–Crippen LogP) is 4.89. The van der Waals surface area contributed by atoms with Gasteiger partial charge in [0.25, 0.3) is 5.60 Å². The van der Waals surface area contributed by atoms with Crippen molar-refractivity contribution in [1.29, 1.82) is 0 Å². The summed E-state index contributed by atoms with van der Waals surface area (Å²) < 4.78 is 84.5. The summed E-state index contributed by atoms with van der Waals surface area (Å²) in [7, 11) is 0. The van der Waals surface area contributed by atoms with Crippen LogP contribution < -0.4 is 5.32 Å². The van der Waals surface area contributed by atoms with Crippen molar-refractivity contribution in [3.05, 3.63) is 89.2 Å². The van der Waals surface area contributed by atoms with Gasteiger partial charge in [-0.2, -0.15) is 26.3 Å². The van der Waals surface area contributed by atoms with Gasteiger partial charge in [-0.1, -0.05) is 42.5 Å². The maximum absolute atomic E-state index is 13.2. The number of aromatic nitrogens is 1. The van der Waals surface area contributed by atoms with Crippen LogP contribution in [0.25, 0.3) is 11.1 Å². The van der Waals surface area contributed by atoms with Gasteiger partial charge >= 0.3 is 18.3 Å². The molecule has 1 fully saturated rings. The van der Waals surface area contributed by atoms with Crippen molar-refractivity contribution in [3.8, 4) is 11.1 Å². The number of alkyl halides is 6. The Balaban J connectivity index is 1.39. The third-order valence-corrected chi connectivity index (χ3v) is 6.81. The van der Waals surface area contributed by atoms with Crippen LogP contribution in [0.2, 0.25) is 0 Å². The van der Waals surface area contributed by atoms with Crippen molar-refractivity contribution in [1.82, 2.24) is 15.2 Å². The summed E-state index contributed by atoms with van der Waals surface area (Å²) in [5, 5.41) is 12.7. The van der Waals surface area contributed by atoms with E-state index in [0.717, 1.165) is 24.2 Å². The van der Waals surface area contributed by atoms with Gasteiger partial charge in [-0.3, -0.25) is 14.7 Å². The maximum atomic E-state index is 13.2.